The number of fused-ring (bicyclic) bond motifs is 1. The number of ether oxygens (including phenoxy) is 3. The minimum Gasteiger partial charge on any atom is -0.490 e. The maximum atomic E-state index is 13.5. The van der Waals surface area contributed by atoms with Crippen molar-refractivity contribution in [2.75, 3.05) is 25.2 Å². The van der Waals surface area contributed by atoms with Gasteiger partial charge in [0.25, 0.3) is 0 Å². The van der Waals surface area contributed by atoms with Crippen LogP contribution in [0.5, 0.6) is 11.5 Å². The third-order valence-corrected chi connectivity index (χ3v) is 5.90. The number of aryl methyl sites for hydroxylation is 1. The Hall–Kier alpha value is -3.80. The molecule has 1 aliphatic heterocycles. The quantitative estimate of drug-likeness (QED) is 0.451. The van der Waals surface area contributed by atoms with E-state index in [-0.39, 0.29) is 18.4 Å². The van der Waals surface area contributed by atoms with Gasteiger partial charge in [-0.2, -0.15) is 0 Å². The van der Waals surface area contributed by atoms with Crippen molar-refractivity contribution in [2.45, 2.75) is 33.2 Å². The highest BCUT2D eigenvalue weighted by atomic mass is 16.5. The Labute approximate surface area is 200 Å². The van der Waals surface area contributed by atoms with Crippen LogP contribution < -0.4 is 14.4 Å². The van der Waals surface area contributed by atoms with Gasteiger partial charge < -0.3 is 19.1 Å². The van der Waals surface area contributed by atoms with Crippen LogP contribution in [0.25, 0.3) is 0 Å². The molecule has 176 valence electrons. The Morgan fingerprint density at radius 1 is 0.971 bits per heavy atom. The number of carbonyl (C=O) groups is 2. The summed E-state index contributed by atoms with van der Waals surface area (Å²) in [4.78, 5) is 27.3. The molecule has 1 aliphatic rings. The molecule has 3 aromatic rings. The highest BCUT2D eigenvalue weighted by Crippen LogP contribution is 2.43. The van der Waals surface area contributed by atoms with Gasteiger partial charge in [0, 0.05) is 5.69 Å². The predicted molar refractivity (Wildman–Crippen MR) is 131 cm³/mol. The molecule has 0 spiro atoms. The largest absolute Gasteiger partial charge is 0.490 e. The molecule has 6 heteroatoms. The molecule has 6 nitrogen and oxygen atoms in total. The lowest BCUT2D eigenvalue weighted by molar-refractivity contribution is -0.118. The van der Waals surface area contributed by atoms with E-state index in [1.165, 1.54) is 7.11 Å². The maximum Gasteiger partial charge on any atom is 0.337 e. The number of nitrogens with zero attached hydrogens (tertiary/aromatic N) is 1. The zero-order chi connectivity index (χ0) is 24.2. The van der Waals surface area contributed by atoms with Crippen LogP contribution in [-0.2, 0) is 16.0 Å². The van der Waals surface area contributed by atoms with Crippen LogP contribution in [-0.4, -0.2) is 32.2 Å². The maximum absolute atomic E-state index is 13.5. The summed E-state index contributed by atoms with van der Waals surface area (Å²) in [6.45, 7) is 6.86. The number of amides is 1. The summed E-state index contributed by atoms with van der Waals surface area (Å²) in [7, 11) is 1.36. The summed E-state index contributed by atoms with van der Waals surface area (Å²) >= 11 is 0. The average molecular weight is 460 g/mol. The van der Waals surface area contributed by atoms with Gasteiger partial charge in [-0.15, -0.1) is 0 Å². The van der Waals surface area contributed by atoms with Crippen LogP contribution in [0.2, 0.25) is 0 Å². The minimum absolute atomic E-state index is 0.00764. The van der Waals surface area contributed by atoms with Crippen molar-refractivity contribution in [3.63, 3.8) is 0 Å². The number of rotatable bonds is 7. The standard InChI is InChI=1S/C28H29NO5/c1-5-33-24-15-21-16-26(30)29(22-9-7-8-18(3)14-22)27(23(21)17-25(24)34-6-2)19-10-12-20(13-11-19)28(31)32-4/h7-15,17,27H,5-6,16H2,1-4H3/t27-/m0/s1. The van der Waals surface area contributed by atoms with Crippen molar-refractivity contribution in [1.82, 2.24) is 0 Å². The normalized spacial score (nSPS) is 15.0. The Morgan fingerprint density at radius 3 is 2.26 bits per heavy atom. The van der Waals surface area contributed by atoms with E-state index in [1.807, 2.05) is 74.2 Å². The molecular weight excluding hydrogens is 430 g/mol. The van der Waals surface area contributed by atoms with Gasteiger partial charge in [-0.3, -0.25) is 4.79 Å². The van der Waals surface area contributed by atoms with E-state index < -0.39 is 5.97 Å². The molecule has 3 aromatic carbocycles. The number of methoxy groups -OCH3 is 1. The first-order chi connectivity index (χ1) is 16.5. The molecular formula is C28H29NO5. The number of anilines is 1. The zero-order valence-corrected chi connectivity index (χ0v) is 20.0. The monoisotopic (exact) mass is 459 g/mol. The molecule has 0 saturated heterocycles. The van der Waals surface area contributed by atoms with Gasteiger partial charge in [-0.05, 0) is 79.4 Å². The summed E-state index contributed by atoms with van der Waals surface area (Å²) < 4.78 is 16.6. The molecule has 4 rings (SSSR count). The van der Waals surface area contributed by atoms with Crippen molar-refractivity contribution in [3.05, 3.63) is 88.5 Å². The summed E-state index contributed by atoms with van der Waals surface area (Å²) in [6, 6.07) is 18.6. The predicted octanol–water partition coefficient (Wildman–Crippen LogP) is 5.26. The molecule has 1 amide bonds. The molecule has 0 bridgehead atoms. The van der Waals surface area contributed by atoms with E-state index in [4.69, 9.17) is 14.2 Å². The molecule has 0 N–H and O–H groups in total. The van der Waals surface area contributed by atoms with Gasteiger partial charge in [-0.25, -0.2) is 4.79 Å². The molecule has 0 aliphatic carbocycles. The van der Waals surface area contributed by atoms with Gasteiger partial charge in [0.15, 0.2) is 11.5 Å². The molecule has 0 radical (unpaired) electrons. The van der Waals surface area contributed by atoms with Crippen LogP contribution in [0.1, 0.15) is 52.5 Å². The van der Waals surface area contributed by atoms with Crippen LogP contribution in [0.3, 0.4) is 0 Å². The van der Waals surface area contributed by atoms with Gasteiger partial charge >= 0.3 is 5.97 Å². The Morgan fingerprint density at radius 2 is 1.65 bits per heavy atom. The van der Waals surface area contributed by atoms with Gasteiger partial charge in [0.2, 0.25) is 5.91 Å². The highest BCUT2D eigenvalue weighted by Gasteiger charge is 2.36. The summed E-state index contributed by atoms with van der Waals surface area (Å²) in [6.07, 6.45) is 0.256. The van der Waals surface area contributed by atoms with Crippen molar-refractivity contribution in [3.8, 4) is 11.5 Å². The second kappa shape index (κ2) is 10.00. The van der Waals surface area contributed by atoms with Crippen molar-refractivity contribution < 1.29 is 23.8 Å². The molecule has 34 heavy (non-hydrogen) atoms. The minimum atomic E-state index is -0.401. The lowest BCUT2D eigenvalue weighted by atomic mass is 9.86. The topological polar surface area (TPSA) is 65.1 Å². The van der Waals surface area contributed by atoms with Crippen molar-refractivity contribution in [2.24, 2.45) is 0 Å². The second-order valence-corrected chi connectivity index (χ2v) is 8.16. The smallest absolute Gasteiger partial charge is 0.337 e. The Kier molecular flexibility index (Phi) is 6.87. The fraction of sp³-hybridized carbons (Fsp3) is 0.286. The Bertz CT molecular complexity index is 1200. The van der Waals surface area contributed by atoms with Crippen LogP contribution >= 0.6 is 0 Å². The van der Waals surface area contributed by atoms with Gasteiger partial charge in [0.1, 0.15) is 0 Å². The summed E-state index contributed by atoms with van der Waals surface area (Å²) in [5.41, 5.74) is 5.11. The van der Waals surface area contributed by atoms with Crippen LogP contribution in [0.4, 0.5) is 5.69 Å². The van der Waals surface area contributed by atoms with Crippen molar-refractivity contribution in [1.29, 1.82) is 0 Å². The van der Waals surface area contributed by atoms with E-state index in [9.17, 15) is 9.59 Å². The molecule has 0 aromatic heterocycles. The summed E-state index contributed by atoms with van der Waals surface area (Å²) in [5.74, 6) is 0.881. The average Bonchev–Trinajstić information content (AvgIpc) is 2.84. The lowest BCUT2D eigenvalue weighted by Crippen LogP contribution is -2.41. The van der Waals surface area contributed by atoms with Gasteiger partial charge in [-0.1, -0.05) is 24.3 Å². The zero-order valence-electron chi connectivity index (χ0n) is 20.0. The first-order valence-electron chi connectivity index (χ1n) is 11.5. The SMILES string of the molecule is CCOc1cc2c(cc1OCC)[C@H](c1ccc(C(=O)OC)cc1)N(c1cccc(C)c1)C(=O)C2. The van der Waals surface area contributed by atoms with E-state index in [2.05, 4.69) is 0 Å². The number of carbonyl (C=O) groups excluding carboxylic acids is 2. The molecule has 1 atom stereocenters. The number of esters is 1. The fourth-order valence-electron chi connectivity index (χ4n) is 4.41. The highest BCUT2D eigenvalue weighted by molar-refractivity contribution is 5.98. The summed E-state index contributed by atoms with van der Waals surface area (Å²) in [5, 5.41) is 0. The van der Waals surface area contributed by atoms with E-state index >= 15 is 0 Å². The third kappa shape index (κ3) is 4.49. The molecule has 0 saturated carbocycles. The second-order valence-electron chi connectivity index (χ2n) is 8.16. The van der Waals surface area contributed by atoms with Crippen molar-refractivity contribution >= 4 is 17.6 Å². The first kappa shape index (κ1) is 23.4. The lowest BCUT2D eigenvalue weighted by Gasteiger charge is -2.38. The first-order valence-corrected chi connectivity index (χ1v) is 11.5. The van der Waals surface area contributed by atoms with Gasteiger partial charge in [0.05, 0.1) is 38.3 Å². The molecule has 0 unspecified atom stereocenters. The van der Waals surface area contributed by atoms with Crippen LogP contribution in [0, 0.1) is 6.92 Å². The number of hydrogen-bond donors (Lipinski definition) is 0. The van der Waals surface area contributed by atoms with Crippen LogP contribution in [0.15, 0.2) is 60.7 Å². The fourth-order valence-corrected chi connectivity index (χ4v) is 4.41. The van der Waals surface area contributed by atoms with E-state index in [1.54, 1.807) is 12.1 Å². The van der Waals surface area contributed by atoms with E-state index in [0.717, 1.165) is 27.9 Å². The Balaban J connectivity index is 1.90. The number of hydrogen-bond acceptors (Lipinski definition) is 5. The van der Waals surface area contributed by atoms with E-state index in [0.29, 0.717) is 30.3 Å². The molecule has 0 fully saturated rings. The molecule has 1 heterocycles. The number of benzene rings is 3. The third-order valence-electron chi connectivity index (χ3n) is 5.90.